The molecule has 1 nitrogen and oxygen atoms in total. The zero-order valence-corrected chi connectivity index (χ0v) is 15.7. The van der Waals surface area contributed by atoms with Crippen molar-refractivity contribution in [3.63, 3.8) is 0 Å². The van der Waals surface area contributed by atoms with Gasteiger partial charge in [-0.25, -0.2) is 0 Å². The first-order chi connectivity index (χ1) is 13.3. The predicted molar refractivity (Wildman–Crippen MR) is 75.1 cm³/mol. The van der Waals surface area contributed by atoms with Gasteiger partial charge in [0, 0.05) is 0 Å². The van der Waals surface area contributed by atoms with Crippen molar-refractivity contribution in [3.05, 3.63) is 0 Å². The van der Waals surface area contributed by atoms with E-state index in [2.05, 4.69) is 0 Å². The average molecular weight is 498 g/mol. The van der Waals surface area contributed by atoms with Gasteiger partial charge in [0.25, 0.3) is 0 Å². The van der Waals surface area contributed by atoms with Gasteiger partial charge in [0.05, 0.1) is 0 Å². The van der Waals surface area contributed by atoms with Gasteiger partial charge >= 0.3 is 41.7 Å². The Balaban J connectivity index is 6.37. The van der Waals surface area contributed by atoms with Crippen LogP contribution in [0.25, 0.3) is 0 Å². The molecule has 0 amide bonds. The summed E-state index contributed by atoms with van der Waals surface area (Å²) in [5.74, 6) is -47.2. The normalized spacial score (nSPS) is 17.6. The number of aliphatic hydroxyl groups is 1. The van der Waals surface area contributed by atoms with Gasteiger partial charge in [-0.1, -0.05) is 32.6 Å². The molecule has 0 fully saturated rings. The number of halogens is 15. The van der Waals surface area contributed by atoms with E-state index in [4.69, 9.17) is 0 Å². The molecule has 0 saturated heterocycles. The first-order valence-electron chi connectivity index (χ1n) is 8.37. The van der Waals surface area contributed by atoms with Crippen molar-refractivity contribution in [2.45, 2.75) is 93.3 Å². The summed E-state index contributed by atoms with van der Waals surface area (Å²) >= 11 is 0. The molecule has 0 aromatic carbocycles. The van der Waals surface area contributed by atoms with Crippen LogP contribution in [0.15, 0.2) is 0 Å². The Labute approximate surface area is 165 Å². The molecule has 0 aliphatic rings. The first-order valence-corrected chi connectivity index (χ1v) is 8.37. The fraction of sp³-hybridized carbons (Fsp3) is 1.00. The third-order valence-electron chi connectivity index (χ3n) is 4.52. The molecule has 0 spiro atoms. The summed E-state index contributed by atoms with van der Waals surface area (Å²) in [6, 6.07) is 0. The Morgan fingerprint density at radius 3 is 1.13 bits per heavy atom. The van der Waals surface area contributed by atoms with Crippen LogP contribution >= 0.6 is 0 Å². The second kappa shape index (κ2) is 8.36. The lowest BCUT2D eigenvalue weighted by molar-refractivity contribution is -0.459. The molecule has 16 heteroatoms. The standard InChI is InChI=1S/C15H17F15O/c1-3-4-5-6-7-8(2,31)9(16,17)10(18,19)11(20,21)12(22,23)13(24,25)14(26,27)15(28,29)30/h31H,3-7H2,1-2H3. The van der Waals surface area contributed by atoms with E-state index in [1.54, 1.807) is 6.92 Å². The van der Waals surface area contributed by atoms with Gasteiger partial charge in [-0.3, -0.25) is 0 Å². The summed E-state index contributed by atoms with van der Waals surface area (Å²) in [6.07, 6.45) is -9.00. The quantitative estimate of drug-likeness (QED) is 0.239. The Morgan fingerprint density at radius 1 is 0.484 bits per heavy atom. The third kappa shape index (κ3) is 4.41. The van der Waals surface area contributed by atoms with Crippen molar-refractivity contribution in [2.75, 3.05) is 0 Å². The summed E-state index contributed by atoms with van der Waals surface area (Å²) in [5.41, 5.74) is -4.26. The van der Waals surface area contributed by atoms with Crippen LogP contribution in [0.1, 0.15) is 46.0 Å². The molecule has 1 N–H and O–H groups in total. The van der Waals surface area contributed by atoms with Crippen LogP contribution in [0.4, 0.5) is 65.9 Å². The zero-order chi connectivity index (χ0) is 25.5. The molecular formula is C15H17F15O. The molecule has 31 heavy (non-hydrogen) atoms. The highest BCUT2D eigenvalue weighted by Crippen LogP contribution is 2.63. The minimum absolute atomic E-state index is 0.0449. The highest BCUT2D eigenvalue weighted by atomic mass is 19.4. The van der Waals surface area contributed by atoms with E-state index in [1.807, 2.05) is 0 Å². The van der Waals surface area contributed by atoms with E-state index in [0.717, 1.165) is 0 Å². The maximum absolute atomic E-state index is 14.0. The molecule has 188 valence electrons. The van der Waals surface area contributed by atoms with Crippen molar-refractivity contribution in [2.24, 2.45) is 0 Å². The van der Waals surface area contributed by atoms with Crippen LogP contribution in [-0.2, 0) is 0 Å². The van der Waals surface area contributed by atoms with Gasteiger partial charge in [0.15, 0.2) is 0 Å². The number of hydrogen-bond acceptors (Lipinski definition) is 1. The van der Waals surface area contributed by atoms with Gasteiger partial charge in [0.1, 0.15) is 5.60 Å². The SMILES string of the molecule is CCCCCCC(C)(O)C(F)(F)C(F)(F)C(F)(F)C(F)(F)C(F)(F)C(F)(F)C(F)(F)F. The second-order valence-electron chi connectivity index (χ2n) is 7.03. The Kier molecular flexibility index (Phi) is 8.06. The van der Waals surface area contributed by atoms with Gasteiger partial charge in [-0.05, 0) is 13.3 Å². The molecule has 0 saturated carbocycles. The Bertz CT molecular complexity index is 606. The lowest BCUT2D eigenvalue weighted by Gasteiger charge is -2.44. The largest absolute Gasteiger partial charge is 0.460 e. The van der Waals surface area contributed by atoms with Crippen LogP contribution in [0, 0.1) is 0 Å². The molecule has 0 radical (unpaired) electrons. The van der Waals surface area contributed by atoms with E-state index in [0.29, 0.717) is 6.42 Å². The van der Waals surface area contributed by atoms with Crippen molar-refractivity contribution in [3.8, 4) is 0 Å². The molecule has 0 aliphatic heterocycles. The lowest BCUT2D eigenvalue weighted by Crippen LogP contribution is -2.75. The monoisotopic (exact) mass is 498 g/mol. The van der Waals surface area contributed by atoms with Crippen LogP contribution in [-0.4, -0.2) is 52.4 Å². The highest BCUT2D eigenvalue weighted by Gasteiger charge is 2.94. The number of rotatable bonds is 11. The second-order valence-corrected chi connectivity index (χ2v) is 7.03. The maximum atomic E-state index is 14.0. The molecule has 0 aromatic rings. The summed E-state index contributed by atoms with van der Waals surface area (Å²) in [5, 5.41) is 9.47. The first kappa shape index (κ1) is 29.9. The van der Waals surface area contributed by atoms with E-state index >= 15 is 0 Å². The van der Waals surface area contributed by atoms with Crippen molar-refractivity contribution < 1.29 is 71.0 Å². The number of unbranched alkanes of at least 4 members (excludes halogenated alkanes) is 3. The molecular weight excluding hydrogens is 481 g/mol. The van der Waals surface area contributed by atoms with Crippen molar-refractivity contribution >= 4 is 0 Å². The topological polar surface area (TPSA) is 20.2 Å². The fourth-order valence-corrected chi connectivity index (χ4v) is 2.36. The molecule has 1 unspecified atom stereocenters. The summed E-state index contributed by atoms with van der Waals surface area (Å²) in [6.45, 7) is 1.35. The van der Waals surface area contributed by atoms with Crippen LogP contribution in [0.2, 0.25) is 0 Å². The van der Waals surface area contributed by atoms with Crippen molar-refractivity contribution in [1.82, 2.24) is 0 Å². The summed E-state index contributed by atoms with van der Waals surface area (Å²) in [4.78, 5) is 0. The summed E-state index contributed by atoms with van der Waals surface area (Å²) in [7, 11) is 0. The Morgan fingerprint density at radius 2 is 0.806 bits per heavy atom. The molecule has 0 rings (SSSR count). The average Bonchev–Trinajstić information content (AvgIpc) is 2.56. The fourth-order valence-electron chi connectivity index (χ4n) is 2.36. The van der Waals surface area contributed by atoms with Crippen LogP contribution < -0.4 is 0 Å². The van der Waals surface area contributed by atoms with Gasteiger partial charge in [0.2, 0.25) is 0 Å². The number of hydrogen-bond donors (Lipinski definition) is 1. The minimum Gasteiger partial charge on any atom is -0.384 e. The molecule has 0 aliphatic carbocycles. The minimum atomic E-state index is -8.34. The number of alkyl halides is 15. The maximum Gasteiger partial charge on any atom is 0.460 e. The van der Waals surface area contributed by atoms with Gasteiger partial charge in [-0.2, -0.15) is 65.9 Å². The van der Waals surface area contributed by atoms with Crippen molar-refractivity contribution in [1.29, 1.82) is 0 Å². The predicted octanol–water partition coefficient (Wildman–Crippen LogP) is 7.08. The lowest BCUT2D eigenvalue weighted by atomic mass is 9.82. The smallest absolute Gasteiger partial charge is 0.384 e. The van der Waals surface area contributed by atoms with E-state index in [9.17, 15) is 71.0 Å². The molecule has 0 aromatic heterocycles. The Hall–Kier alpha value is -1.09. The van der Waals surface area contributed by atoms with Gasteiger partial charge in [-0.15, -0.1) is 0 Å². The molecule has 1 atom stereocenters. The zero-order valence-electron chi connectivity index (χ0n) is 15.7. The van der Waals surface area contributed by atoms with E-state index < -0.39 is 60.2 Å². The molecule has 0 heterocycles. The molecule has 0 bridgehead atoms. The third-order valence-corrected chi connectivity index (χ3v) is 4.52. The highest BCUT2D eigenvalue weighted by molar-refractivity contribution is 5.15. The van der Waals surface area contributed by atoms with E-state index in [-0.39, 0.29) is 19.8 Å². The summed E-state index contributed by atoms with van der Waals surface area (Å²) < 4.78 is 197. The van der Waals surface area contributed by atoms with Gasteiger partial charge < -0.3 is 5.11 Å². The van der Waals surface area contributed by atoms with E-state index in [1.165, 1.54) is 0 Å². The van der Waals surface area contributed by atoms with Crippen LogP contribution in [0.5, 0.6) is 0 Å². The van der Waals surface area contributed by atoms with Crippen LogP contribution in [0.3, 0.4) is 0 Å².